The van der Waals surface area contributed by atoms with Gasteiger partial charge in [0.05, 0.1) is 16.7 Å². The molecule has 1 amide bonds. The minimum atomic E-state index is -0.724. The van der Waals surface area contributed by atoms with Crippen molar-refractivity contribution < 1.29 is 13.6 Å². The standard InChI is InChI=1S/C11H13BrF2N2O/c1-3-16(2)11(17)6-15-10-4-7(12)8(13)5-9(10)14/h4-5,15H,3,6H2,1-2H3. The predicted octanol–water partition coefficient (Wildman–Crippen LogP) is 2.62. The van der Waals surface area contributed by atoms with Crippen LogP contribution < -0.4 is 5.32 Å². The number of hydrogen-bond donors (Lipinski definition) is 1. The van der Waals surface area contributed by atoms with E-state index in [0.29, 0.717) is 6.54 Å². The van der Waals surface area contributed by atoms with Crippen molar-refractivity contribution >= 4 is 27.5 Å². The quantitative estimate of drug-likeness (QED) is 0.867. The lowest BCUT2D eigenvalue weighted by atomic mass is 10.3. The fourth-order valence-electron chi connectivity index (χ4n) is 1.14. The molecule has 0 saturated heterocycles. The molecule has 0 atom stereocenters. The van der Waals surface area contributed by atoms with Gasteiger partial charge in [-0.3, -0.25) is 4.79 Å². The van der Waals surface area contributed by atoms with E-state index < -0.39 is 11.6 Å². The summed E-state index contributed by atoms with van der Waals surface area (Å²) in [5.41, 5.74) is 0.0936. The van der Waals surface area contributed by atoms with Crippen LogP contribution in [0.3, 0.4) is 0 Å². The van der Waals surface area contributed by atoms with Gasteiger partial charge in [-0.1, -0.05) is 0 Å². The molecule has 1 N–H and O–H groups in total. The summed E-state index contributed by atoms with van der Waals surface area (Å²) in [7, 11) is 1.65. The molecule has 0 radical (unpaired) electrons. The average Bonchev–Trinajstić information content (AvgIpc) is 2.30. The van der Waals surface area contributed by atoms with Crippen LogP contribution in [-0.4, -0.2) is 30.9 Å². The predicted molar refractivity (Wildman–Crippen MR) is 65.9 cm³/mol. The first kappa shape index (κ1) is 13.9. The summed E-state index contributed by atoms with van der Waals surface area (Å²) in [5.74, 6) is -1.56. The van der Waals surface area contributed by atoms with Gasteiger partial charge in [0.1, 0.15) is 11.6 Å². The van der Waals surface area contributed by atoms with Crippen molar-refractivity contribution in [1.82, 2.24) is 4.90 Å². The Morgan fingerprint density at radius 1 is 1.41 bits per heavy atom. The van der Waals surface area contributed by atoms with Gasteiger partial charge in [-0.2, -0.15) is 0 Å². The number of likely N-dealkylation sites (N-methyl/N-ethyl adjacent to an activating group) is 1. The van der Waals surface area contributed by atoms with Crippen molar-refractivity contribution in [2.45, 2.75) is 6.92 Å². The van der Waals surface area contributed by atoms with E-state index in [2.05, 4.69) is 21.2 Å². The molecule has 0 fully saturated rings. The molecule has 1 aromatic carbocycles. The lowest BCUT2D eigenvalue weighted by Crippen LogP contribution is -2.32. The highest BCUT2D eigenvalue weighted by Crippen LogP contribution is 2.23. The summed E-state index contributed by atoms with van der Waals surface area (Å²) >= 11 is 2.95. The van der Waals surface area contributed by atoms with Gasteiger partial charge in [-0.15, -0.1) is 0 Å². The SMILES string of the molecule is CCN(C)C(=O)CNc1cc(Br)c(F)cc1F. The minimum Gasteiger partial charge on any atom is -0.374 e. The number of halogens is 3. The van der Waals surface area contributed by atoms with Crippen LogP contribution in [0.2, 0.25) is 0 Å². The minimum absolute atomic E-state index is 0.0284. The van der Waals surface area contributed by atoms with Crippen LogP contribution in [0.1, 0.15) is 6.92 Å². The second-order valence-corrected chi connectivity index (χ2v) is 4.36. The van der Waals surface area contributed by atoms with Crippen LogP contribution in [0.25, 0.3) is 0 Å². The summed E-state index contributed by atoms with van der Waals surface area (Å²) < 4.78 is 26.4. The highest BCUT2D eigenvalue weighted by molar-refractivity contribution is 9.10. The highest BCUT2D eigenvalue weighted by Gasteiger charge is 2.10. The topological polar surface area (TPSA) is 32.3 Å². The van der Waals surface area contributed by atoms with Crippen molar-refractivity contribution in [2.75, 3.05) is 25.5 Å². The van der Waals surface area contributed by atoms with Gasteiger partial charge in [-0.05, 0) is 28.9 Å². The van der Waals surface area contributed by atoms with Crippen molar-refractivity contribution in [1.29, 1.82) is 0 Å². The second kappa shape index (κ2) is 5.95. The number of rotatable bonds is 4. The number of nitrogens with zero attached hydrogens (tertiary/aromatic N) is 1. The summed E-state index contributed by atoms with van der Waals surface area (Å²) in [4.78, 5) is 13.0. The Morgan fingerprint density at radius 2 is 2.06 bits per heavy atom. The van der Waals surface area contributed by atoms with E-state index in [1.165, 1.54) is 11.0 Å². The van der Waals surface area contributed by atoms with Gasteiger partial charge in [0.25, 0.3) is 0 Å². The van der Waals surface area contributed by atoms with Crippen LogP contribution in [0.15, 0.2) is 16.6 Å². The monoisotopic (exact) mass is 306 g/mol. The smallest absolute Gasteiger partial charge is 0.241 e. The fraction of sp³-hybridized carbons (Fsp3) is 0.364. The number of carbonyl (C=O) groups is 1. The Bertz CT molecular complexity index is 426. The Labute approximate surface area is 107 Å². The molecule has 1 aromatic rings. The summed E-state index contributed by atoms with van der Waals surface area (Å²) in [5, 5.41) is 2.63. The van der Waals surface area contributed by atoms with E-state index in [-0.39, 0.29) is 22.6 Å². The Morgan fingerprint density at radius 3 is 2.65 bits per heavy atom. The van der Waals surface area contributed by atoms with E-state index in [0.717, 1.165) is 6.07 Å². The summed E-state index contributed by atoms with van der Waals surface area (Å²) in [6.45, 7) is 2.39. The molecule has 0 aromatic heterocycles. The maximum absolute atomic E-state index is 13.3. The maximum Gasteiger partial charge on any atom is 0.241 e. The van der Waals surface area contributed by atoms with Gasteiger partial charge < -0.3 is 10.2 Å². The molecule has 6 heteroatoms. The van der Waals surface area contributed by atoms with Gasteiger partial charge in [0, 0.05) is 19.7 Å². The molecule has 17 heavy (non-hydrogen) atoms. The van der Waals surface area contributed by atoms with Crippen molar-refractivity contribution in [2.24, 2.45) is 0 Å². The van der Waals surface area contributed by atoms with Crippen LogP contribution in [0.5, 0.6) is 0 Å². The molecule has 0 aliphatic carbocycles. The lowest BCUT2D eigenvalue weighted by molar-refractivity contribution is -0.127. The zero-order valence-electron chi connectivity index (χ0n) is 9.56. The summed E-state index contributed by atoms with van der Waals surface area (Å²) in [6.07, 6.45) is 0. The highest BCUT2D eigenvalue weighted by atomic mass is 79.9. The molecule has 0 unspecified atom stereocenters. The first-order valence-electron chi connectivity index (χ1n) is 5.08. The molecular weight excluding hydrogens is 294 g/mol. The average molecular weight is 307 g/mol. The molecule has 0 bridgehead atoms. The third-order valence-electron chi connectivity index (χ3n) is 2.34. The van der Waals surface area contributed by atoms with Crippen molar-refractivity contribution in [3.8, 4) is 0 Å². The second-order valence-electron chi connectivity index (χ2n) is 3.51. The van der Waals surface area contributed by atoms with E-state index >= 15 is 0 Å². The van der Waals surface area contributed by atoms with E-state index in [1.54, 1.807) is 7.05 Å². The molecule has 94 valence electrons. The first-order valence-corrected chi connectivity index (χ1v) is 5.87. The normalized spacial score (nSPS) is 10.2. The molecule has 0 heterocycles. The van der Waals surface area contributed by atoms with Crippen molar-refractivity contribution in [3.63, 3.8) is 0 Å². The zero-order chi connectivity index (χ0) is 13.0. The molecule has 0 saturated carbocycles. The Balaban J connectivity index is 2.70. The lowest BCUT2D eigenvalue weighted by Gasteiger charge is -2.15. The third kappa shape index (κ3) is 3.66. The third-order valence-corrected chi connectivity index (χ3v) is 2.95. The molecule has 0 aliphatic heterocycles. The fourth-order valence-corrected chi connectivity index (χ4v) is 1.48. The van der Waals surface area contributed by atoms with E-state index in [4.69, 9.17) is 0 Å². The van der Waals surface area contributed by atoms with Crippen molar-refractivity contribution in [3.05, 3.63) is 28.2 Å². The van der Waals surface area contributed by atoms with Gasteiger partial charge >= 0.3 is 0 Å². The molecule has 3 nitrogen and oxygen atoms in total. The maximum atomic E-state index is 13.3. The van der Waals surface area contributed by atoms with Crippen LogP contribution in [0, 0.1) is 11.6 Å². The molecule has 1 rings (SSSR count). The number of anilines is 1. The molecule has 0 spiro atoms. The van der Waals surface area contributed by atoms with Crippen LogP contribution in [-0.2, 0) is 4.79 Å². The molecule has 0 aliphatic rings. The Hall–Kier alpha value is -1.17. The molecular formula is C11H13BrF2N2O. The number of benzene rings is 1. The largest absolute Gasteiger partial charge is 0.374 e. The van der Waals surface area contributed by atoms with Gasteiger partial charge in [0.2, 0.25) is 5.91 Å². The van der Waals surface area contributed by atoms with E-state index in [1.807, 2.05) is 6.92 Å². The number of hydrogen-bond acceptors (Lipinski definition) is 2. The van der Waals surface area contributed by atoms with E-state index in [9.17, 15) is 13.6 Å². The zero-order valence-corrected chi connectivity index (χ0v) is 11.1. The van der Waals surface area contributed by atoms with Gasteiger partial charge in [0.15, 0.2) is 0 Å². The Kier molecular flexibility index (Phi) is 4.86. The number of carbonyl (C=O) groups excluding carboxylic acids is 1. The van der Waals surface area contributed by atoms with Gasteiger partial charge in [-0.25, -0.2) is 8.78 Å². The first-order chi connectivity index (χ1) is 7.95. The summed E-state index contributed by atoms with van der Waals surface area (Å²) in [6, 6.07) is 2.03. The van der Waals surface area contributed by atoms with Crippen LogP contribution in [0.4, 0.5) is 14.5 Å². The van der Waals surface area contributed by atoms with Crippen LogP contribution >= 0.6 is 15.9 Å². The number of amides is 1. The number of nitrogens with one attached hydrogen (secondary N) is 1.